The van der Waals surface area contributed by atoms with Gasteiger partial charge in [0.15, 0.2) is 0 Å². The lowest BCUT2D eigenvalue weighted by Gasteiger charge is -2.37. The lowest BCUT2D eigenvalue weighted by atomic mass is 9.72. The molecule has 1 aliphatic carbocycles. The van der Waals surface area contributed by atoms with E-state index in [2.05, 4.69) is 19.2 Å². The summed E-state index contributed by atoms with van der Waals surface area (Å²) in [5, 5.41) is 2.80. The molecule has 0 radical (unpaired) electrons. The van der Waals surface area contributed by atoms with Crippen LogP contribution in [0.5, 0.6) is 0 Å². The molecule has 0 spiro atoms. The highest BCUT2D eigenvalue weighted by Gasteiger charge is 2.36. The molecular formula is C15H29N3O2. The summed E-state index contributed by atoms with van der Waals surface area (Å²) in [6, 6.07) is 0.173. The van der Waals surface area contributed by atoms with Gasteiger partial charge in [0.1, 0.15) is 0 Å². The fourth-order valence-corrected chi connectivity index (χ4v) is 2.97. The van der Waals surface area contributed by atoms with Gasteiger partial charge in [0.05, 0.1) is 6.54 Å². The molecule has 1 rings (SSSR count). The van der Waals surface area contributed by atoms with Crippen LogP contribution < -0.4 is 11.1 Å². The summed E-state index contributed by atoms with van der Waals surface area (Å²) >= 11 is 0. The van der Waals surface area contributed by atoms with Crippen molar-refractivity contribution in [3.63, 3.8) is 0 Å². The van der Waals surface area contributed by atoms with Gasteiger partial charge in [-0.05, 0) is 38.5 Å². The second kappa shape index (κ2) is 7.07. The Labute approximate surface area is 122 Å². The SMILES string of the molecule is CC(C)NC(=O)CN(C)C(=O)C1CC(N)C(C)CC1C. The van der Waals surface area contributed by atoms with Crippen LogP contribution in [0.25, 0.3) is 0 Å². The third-order valence-corrected chi connectivity index (χ3v) is 4.21. The number of carbonyl (C=O) groups is 2. The van der Waals surface area contributed by atoms with Gasteiger partial charge in [0.2, 0.25) is 11.8 Å². The number of nitrogens with zero attached hydrogens (tertiary/aromatic N) is 1. The van der Waals surface area contributed by atoms with Crippen LogP contribution in [0.4, 0.5) is 0 Å². The Kier molecular flexibility index (Phi) is 5.99. The van der Waals surface area contributed by atoms with E-state index >= 15 is 0 Å². The number of likely N-dealkylation sites (N-methyl/N-ethyl adjacent to an activating group) is 1. The molecular weight excluding hydrogens is 254 g/mol. The highest BCUT2D eigenvalue weighted by atomic mass is 16.2. The molecule has 0 aliphatic heterocycles. The van der Waals surface area contributed by atoms with Crippen LogP contribution >= 0.6 is 0 Å². The minimum atomic E-state index is -0.114. The molecule has 0 aromatic rings. The second-order valence-corrected chi connectivity index (χ2v) is 6.61. The fraction of sp³-hybridized carbons (Fsp3) is 0.867. The maximum absolute atomic E-state index is 12.5. The minimum Gasteiger partial charge on any atom is -0.352 e. The van der Waals surface area contributed by atoms with E-state index in [-0.39, 0.29) is 36.4 Å². The van der Waals surface area contributed by atoms with Crippen molar-refractivity contribution in [3.8, 4) is 0 Å². The molecule has 4 atom stereocenters. The Morgan fingerprint density at radius 3 is 2.40 bits per heavy atom. The van der Waals surface area contributed by atoms with Crippen LogP contribution in [0.3, 0.4) is 0 Å². The van der Waals surface area contributed by atoms with Crippen molar-refractivity contribution in [2.45, 2.75) is 52.6 Å². The van der Waals surface area contributed by atoms with Crippen molar-refractivity contribution < 1.29 is 9.59 Å². The number of hydrogen-bond donors (Lipinski definition) is 2. The van der Waals surface area contributed by atoms with Crippen molar-refractivity contribution in [3.05, 3.63) is 0 Å². The minimum absolute atomic E-state index is 0.0405. The molecule has 1 saturated carbocycles. The standard InChI is InChI=1S/C15H29N3O2/c1-9(2)17-14(19)8-18(5)15(20)12-7-13(16)11(4)6-10(12)3/h9-13H,6-8,16H2,1-5H3,(H,17,19). The van der Waals surface area contributed by atoms with Gasteiger partial charge >= 0.3 is 0 Å². The smallest absolute Gasteiger partial charge is 0.239 e. The molecule has 0 bridgehead atoms. The quantitative estimate of drug-likeness (QED) is 0.807. The maximum atomic E-state index is 12.5. The first-order valence-electron chi connectivity index (χ1n) is 7.52. The molecule has 116 valence electrons. The Bertz CT molecular complexity index is 357. The summed E-state index contributed by atoms with van der Waals surface area (Å²) in [5.41, 5.74) is 6.09. The zero-order chi connectivity index (χ0) is 15.4. The van der Waals surface area contributed by atoms with Gasteiger partial charge in [-0.3, -0.25) is 9.59 Å². The first-order chi connectivity index (χ1) is 9.22. The van der Waals surface area contributed by atoms with Crippen LogP contribution in [-0.4, -0.2) is 42.4 Å². The summed E-state index contributed by atoms with van der Waals surface area (Å²) in [6.07, 6.45) is 1.70. The summed E-state index contributed by atoms with van der Waals surface area (Å²) in [4.78, 5) is 25.7. The van der Waals surface area contributed by atoms with Gasteiger partial charge in [-0.2, -0.15) is 0 Å². The predicted octanol–water partition coefficient (Wildman–Crippen LogP) is 0.979. The van der Waals surface area contributed by atoms with Crippen molar-refractivity contribution in [1.82, 2.24) is 10.2 Å². The average Bonchev–Trinajstić information content (AvgIpc) is 2.31. The van der Waals surface area contributed by atoms with E-state index in [1.54, 1.807) is 7.05 Å². The molecule has 20 heavy (non-hydrogen) atoms. The Hall–Kier alpha value is -1.10. The normalized spacial score (nSPS) is 30.1. The van der Waals surface area contributed by atoms with Crippen LogP contribution in [0, 0.1) is 17.8 Å². The van der Waals surface area contributed by atoms with Crippen LogP contribution in [-0.2, 0) is 9.59 Å². The summed E-state index contributed by atoms with van der Waals surface area (Å²) in [6.45, 7) is 8.17. The number of nitrogens with one attached hydrogen (secondary N) is 1. The topological polar surface area (TPSA) is 75.4 Å². The van der Waals surface area contributed by atoms with Gasteiger partial charge in [-0.1, -0.05) is 13.8 Å². The summed E-state index contributed by atoms with van der Waals surface area (Å²) in [7, 11) is 1.69. The van der Waals surface area contributed by atoms with Crippen LogP contribution in [0.15, 0.2) is 0 Å². The molecule has 0 aromatic heterocycles. The zero-order valence-electron chi connectivity index (χ0n) is 13.3. The lowest BCUT2D eigenvalue weighted by Crippen LogP contribution is -2.48. The molecule has 1 fully saturated rings. The first-order valence-corrected chi connectivity index (χ1v) is 7.52. The van der Waals surface area contributed by atoms with Crippen molar-refractivity contribution in [2.24, 2.45) is 23.5 Å². The van der Waals surface area contributed by atoms with Gasteiger partial charge in [-0.15, -0.1) is 0 Å². The van der Waals surface area contributed by atoms with E-state index in [9.17, 15) is 9.59 Å². The van der Waals surface area contributed by atoms with Gasteiger partial charge in [0.25, 0.3) is 0 Å². The monoisotopic (exact) mass is 283 g/mol. The third kappa shape index (κ3) is 4.47. The van der Waals surface area contributed by atoms with Crippen molar-refractivity contribution in [2.75, 3.05) is 13.6 Å². The van der Waals surface area contributed by atoms with E-state index in [0.717, 1.165) is 12.8 Å². The highest BCUT2D eigenvalue weighted by Crippen LogP contribution is 2.33. The number of amides is 2. The molecule has 0 heterocycles. The molecule has 2 amide bonds. The first kappa shape index (κ1) is 17.0. The van der Waals surface area contributed by atoms with E-state index in [0.29, 0.717) is 11.8 Å². The number of carbonyl (C=O) groups excluding carboxylic acids is 2. The van der Waals surface area contributed by atoms with Gasteiger partial charge in [0, 0.05) is 25.0 Å². The number of hydrogen-bond acceptors (Lipinski definition) is 3. The Morgan fingerprint density at radius 1 is 1.25 bits per heavy atom. The Morgan fingerprint density at radius 2 is 1.85 bits per heavy atom. The number of rotatable bonds is 4. The van der Waals surface area contributed by atoms with Crippen LogP contribution in [0.2, 0.25) is 0 Å². The molecule has 5 nitrogen and oxygen atoms in total. The summed E-state index contributed by atoms with van der Waals surface area (Å²) in [5.74, 6) is 0.658. The molecule has 0 saturated heterocycles. The predicted molar refractivity (Wildman–Crippen MR) is 79.9 cm³/mol. The third-order valence-electron chi connectivity index (χ3n) is 4.21. The molecule has 3 N–H and O–H groups in total. The maximum Gasteiger partial charge on any atom is 0.239 e. The zero-order valence-corrected chi connectivity index (χ0v) is 13.3. The highest BCUT2D eigenvalue weighted by molar-refractivity contribution is 5.86. The van der Waals surface area contributed by atoms with Gasteiger partial charge < -0.3 is 16.0 Å². The summed E-state index contributed by atoms with van der Waals surface area (Å²) < 4.78 is 0. The van der Waals surface area contributed by atoms with E-state index in [1.807, 2.05) is 13.8 Å². The molecule has 4 unspecified atom stereocenters. The van der Waals surface area contributed by atoms with E-state index in [4.69, 9.17) is 5.73 Å². The molecule has 0 aromatic carbocycles. The van der Waals surface area contributed by atoms with E-state index < -0.39 is 0 Å². The van der Waals surface area contributed by atoms with E-state index in [1.165, 1.54) is 4.90 Å². The van der Waals surface area contributed by atoms with Gasteiger partial charge in [-0.25, -0.2) is 0 Å². The lowest BCUT2D eigenvalue weighted by molar-refractivity contribution is -0.141. The van der Waals surface area contributed by atoms with Crippen LogP contribution in [0.1, 0.15) is 40.5 Å². The number of nitrogens with two attached hydrogens (primary N) is 1. The molecule has 1 aliphatic rings. The second-order valence-electron chi connectivity index (χ2n) is 6.61. The van der Waals surface area contributed by atoms with Crippen molar-refractivity contribution in [1.29, 1.82) is 0 Å². The Balaban J connectivity index is 2.58. The largest absolute Gasteiger partial charge is 0.352 e. The van der Waals surface area contributed by atoms with Crippen molar-refractivity contribution >= 4 is 11.8 Å². The molecule has 5 heteroatoms. The fourth-order valence-electron chi connectivity index (χ4n) is 2.97. The average molecular weight is 283 g/mol.